The number of carbonyl (C=O) groups excluding carboxylic acids is 2. The molecule has 0 aliphatic carbocycles. The average Bonchev–Trinajstić information content (AvgIpc) is 3.39. The standard InChI is InChI=1S/C20H21FN6O5S/c1-13(28)22-9-15-10-26(20(29)32-15)14-2-4-18(17(21)8-14)24-6-7-25(23-12-24)11-16-3-5-19(33-16)27(30)31/h2-5,8,12,15H,6-7,9-11H2,1H3,(H,22,28)/t15-/m0/s1. The highest BCUT2D eigenvalue weighted by molar-refractivity contribution is 7.15. The second-order valence-corrected chi connectivity index (χ2v) is 8.65. The minimum Gasteiger partial charge on any atom is -0.442 e. The van der Waals surface area contributed by atoms with Crippen molar-refractivity contribution in [1.29, 1.82) is 0 Å². The summed E-state index contributed by atoms with van der Waals surface area (Å²) in [4.78, 5) is 37.4. The van der Waals surface area contributed by atoms with E-state index in [0.29, 0.717) is 31.0 Å². The maximum atomic E-state index is 14.9. The van der Waals surface area contributed by atoms with E-state index in [1.165, 1.54) is 30.3 Å². The number of rotatable bonds is 7. The molecule has 4 rings (SSSR count). The summed E-state index contributed by atoms with van der Waals surface area (Å²) in [6.07, 6.45) is 0.410. The van der Waals surface area contributed by atoms with Crippen LogP contribution in [0.5, 0.6) is 0 Å². The quantitative estimate of drug-likeness (QED) is 0.482. The molecule has 13 heteroatoms. The largest absolute Gasteiger partial charge is 0.442 e. The van der Waals surface area contributed by atoms with Crippen LogP contribution < -0.4 is 15.1 Å². The molecule has 2 aliphatic rings. The molecule has 0 radical (unpaired) electrons. The molecule has 174 valence electrons. The van der Waals surface area contributed by atoms with E-state index in [9.17, 15) is 24.1 Å². The lowest BCUT2D eigenvalue weighted by atomic mass is 10.2. The van der Waals surface area contributed by atoms with Crippen LogP contribution in [0.25, 0.3) is 0 Å². The lowest BCUT2D eigenvalue weighted by Crippen LogP contribution is -2.38. The van der Waals surface area contributed by atoms with Crippen molar-refractivity contribution in [3.05, 3.63) is 51.1 Å². The van der Waals surface area contributed by atoms with Gasteiger partial charge < -0.3 is 15.0 Å². The highest BCUT2D eigenvalue weighted by Crippen LogP contribution is 2.29. The molecule has 33 heavy (non-hydrogen) atoms. The second-order valence-electron chi connectivity index (χ2n) is 7.50. The molecule has 1 aromatic carbocycles. The Hall–Kier alpha value is -3.74. The van der Waals surface area contributed by atoms with E-state index >= 15 is 0 Å². The van der Waals surface area contributed by atoms with Gasteiger partial charge in [0.2, 0.25) is 5.91 Å². The predicted octanol–water partition coefficient (Wildman–Crippen LogP) is 2.52. The molecule has 2 aliphatic heterocycles. The lowest BCUT2D eigenvalue weighted by Gasteiger charge is -2.30. The van der Waals surface area contributed by atoms with Gasteiger partial charge >= 0.3 is 11.1 Å². The molecule has 0 saturated carbocycles. The Bertz CT molecular complexity index is 1110. The molecule has 0 bridgehead atoms. The smallest absolute Gasteiger partial charge is 0.414 e. The van der Waals surface area contributed by atoms with E-state index < -0.39 is 22.9 Å². The fourth-order valence-electron chi connectivity index (χ4n) is 3.50. The van der Waals surface area contributed by atoms with E-state index in [1.54, 1.807) is 28.1 Å². The van der Waals surface area contributed by atoms with Crippen molar-refractivity contribution in [2.24, 2.45) is 5.10 Å². The summed E-state index contributed by atoms with van der Waals surface area (Å²) in [6.45, 7) is 3.18. The minimum atomic E-state index is -0.596. The number of carbonyl (C=O) groups is 2. The van der Waals surface area contributed by atoms with E-state index in [-0.39, 0.29) is 24.0 Å². The van der Waals surface area contributed by atoms with Gasteiger partial charge in [-0.3, -0.25) is 24.8 Å². The highest BCUT2D eigenvalue weighted by atomic mass is 32.1. The normalized spacial score (nSPS) is 17.9. The fourth-order valence-corrected chi connectivity index (χ4v) is 4.33. The molecule has 3 heterocycles. The Morgan fingerprint density at radius 1 is 1.36 bits per heavy atom. The Morgan fingerprint density at radius 3 is 2.82 bits per heavy atom. The summed E-state index contributed by atoms with van der Waals surface area (Å²) in [7, 11) is 0. The number of hydrogen-bond donors (Lipinski definition) is 1. The Morgan fingerprint density at radius 2 is 2.18 bits per heavy atom. The zero-order chi connectivity index (χ0) is 23.5. The topological polar surface area (TPSA) is 121 Å². The monoisotopic (exact) mass is 476 g/mol. The Labute approximate surface area is 192 Å². The van der Waals surface area contributed by atoms with E-state index in [1.807, 2.05) is 0 Å². The first-order valence-corrected chi connectivity index (χ1v) is 10.9. The molecule has 11 nitrogen and oxygen atoms in total. The van der Waals surface area contributed by atoms with Gasteiger partial charge in [-0.1, -0.05) is 11.3 Å². The number of hydrazone groups is 1. The van der Waals surface area contributed by atoms with Crippen molar-refractivity contribution >= 4 is 46.1 Å². The van der Waals surface area contributed by atoms with Crippen LogP contribution in [0.2, 0.25) is 0 Å². The maximum absolute atomic E-state index is 14.9. The van der Waals surface area contributed by atoms with Gasteiger partial charge in [-0.05, 0) is 24.3 Å². The van der Waals surface area contributed by atoms with E-state index in [4.69, 9.17) is 4.74 Å². The van der Waals surface area contributed by atoms with Crippen LogP contribution in [0.15, 0.2) is 35.4 Å². The van der Waals surface area contributed by atoms with Crippen LogP contribution in [-0.2, 0) is 16.1 Å². The third-order valence-corrected chi connectivity index (χ3v) is 6.15. The van der Waals surface area contributed by atoms with Gasteiger partial charge in [0.25, 0.3) is 0 Å². The summed E-state index contributed by atoms with van der Waals surface area (Å²) in [5.41, 5.74) is 0.678. The molecular weight excluding hydrogens is 455 g/mol. The van der Waals surface area contributed by atoms with Gasteiger partial charge in [0.1, 0.15) is 18.3 Å². The van der Waals surface area contributed by atoms with Gasteiger partial charge in [-0.25, -0.2) is 9.18 Å². The zero-order valence-corrected chi connectivity index (χ0v) is 18.5. The minimum absolute atomic E-state index is 0.0816. The summed E-state index contributed by atoms with van der Waals surface area (Å²) < 4.78 is 20.1. The predicted molar refractivity (Wildman–Crippen MR) is 120 cm³/mol. The first-order chi connectivity index (χ1) is 15.8. The number of amides is 2. The first-order valence-electron chi connectivity index (χ1n) is 10.1. The van der Waals surface area contributed by atoms with Crippen LogP contribution in [0, 0.1) is 15.9 Å². The van der Waals surface area contributed by atoms with E-state index in [2.05, 4.69) is 10.4 Å². The molecule has 1 aromatic heterocycles. The van der Waals surface area contributed by atoms with Crippen LogP contribution in [-0.4, -0.2) is 60.6 Å². The highest BCUT2D eigenvalue weighted by Gasteiger charge is 2.33. The van der Waals surface area contributed by atoms with Crippen molar-refractivity contribution in [2.75, 3.05) is 36.0 Å². The number of nitrogens with one attached hydrogen (secondary N) is 1. The first kappa shape index (κ1) is 22.5. The number of ether oxygens (including phenoxy) is 1. The summed E-state index contributed by atoms with van der Waals surface area (Å²) in [5.74, 6) is -0.738. The summed E-state index contributed by atoms with van der Waals surface area (Å²) >= 11 is 1.10. The molecule has 1 N–H and O–H groups in total. The number of halogens is 1. The molecule has 0 unspecified atom stereocenters. The number of thiophene rings is 1. The molecule has 1 saturated heterocycles. The number of benzene rings is 1. The van der Waals surface area contributed by atoms with Crippen LogP contribution in [0.3, 0.4) is 0 Å². The molecular formula is C20H21FN6O5S. The average molecular weight is 476 g/mol. The molecule has 1 fully saturated rings. The van der Waals surface area contributed by atoms with Crippen molar-refractivity contribution in [3.8, 4) is 0 Å². The Balaban J connectivity index is 1.38. The zero-order valence-electron chi connectivity index (χ0n) is 17.6. The SMILES string of the molecule is CC(=O)NC[C@H]1CN(c2ccc(N3C=NN(Cc4ccc([N+](=O)[O-])s4)CC3)c(F)c2)C(=O)O1. The number of hydrogen-bond acceptors (Lipinski definition) is 9. The fraction of sp³-hybridized carbons (Fsp3) is 0.350. The third kappa shape index (κ3) is 5.19. The van der Waals surface area contributed by atoms with Crippen LogP contribution >= 0.6 is 11.3 Å². The van der Waals surface area contributed by atoms with E-state index in [0.717, 1.165) is 16.2 Å². The van der Waals surface area contributed by atoms with Crippen molar-refractivity contribution in [2.45, 2.75) is 19.6 Å². The third-order valence-electron chi connectivity index (χ3n) is 5.12. The number of nitrogens with zero attached hydrogens (tertiary/aromatic N) is 5. The van der Waals surface area contributed by atoms with Crippen LogP contribution in [0.4, 0.5) is 25.6 Å². The number of anilines is 2. The number of nitro groups is 1. The van der Waals surface area contributed by atoms with Gasteiger partial charge in [0.15, 0.2) is 0 Å². The summed E-state index contributed by atoms with van der Waals surface area (Å²) in [5, 5.41) is 19.6. The molecule has 2 amide bonds. The second kappa shape index (κ2) is 9.40. The summed E-state index contributed by atoms with van der Waals surface area (Å²) in [6, 6.07) is 7.64. The van der Waals surface area contributed by atoms with Gasteiger partial charge in [0, 0.05) is 24.4 Å². The van der Waals surface area contributed by atoms with Gasteiger partial charge in [-0.2, -0.15) is 5.10 Å². The van der Waals surface area contributed by atoms with Crippen molar-refractivity contribution in [3.63, 3.8) is 0 Å². The van der Waals surface area contributed by atoms with Crippen molar-refractivity contribution in [1.82, 2.24) is 10.3 Å². The molecule has 1 atom stereocenters. The molecule has 2 aromatic rings. The maximum Gasteiger partial charge on any atom is 0.414 e. The molecule has 0 spiro atoms. The van der Waals surface area contributed by atoms with Crippen LogP contribution in [0.1, 0.15) is 11.8 Å². The van der Waals surface area contributed by atoms with Crippen molar-refractivity contribution < 1.29 is 23.6 Å². The number of cyclic esters (lactones) is 1. The Kier molecular flexibility index (Phi) is 6.40. The lowest BCUT2D eigenvalue weighted by molar-refractivity contribution is -0.380. The van der Waals surface area contributed by atoms with Gasteiger partial charge in [0.05, 0.1) is 42.5 Å². The van der Waals surface area contributed by atoms with Gasteiger partial charge in [-0.15, -0.1) is 0 Å².